The molecule has 0 saturated heterocycles. The van der Waals surface area contributed by atoms with Gasteiger partial charge in [0.05, 0.1) is 18.3 Å². The highest BCUT2D eigenvalue weighted by Crippen LogP contribution is 2.50. The third-order valence-electron chi connectivity index (χ3n) is 8.73. The van der Waals surface area contributed by atoms with Crippen molar-refractivity contribution in [2.24, 2.45) is 11.7 Å². The molecular weight excluding hydrogens is 570 g/mol. The molecule has 2 amide bonds. The van der Waals surface area contributed by atoms with Gasteiger partial charge < -0.3 is 25.6 Å². The van der Waals surface area contributed by atoms with E-state index in [1.807, 2.05) is 6.07 Å². The van der Waals surface area contributed by atoms with Gasteiger partial charge >= 0.3 is 0 Å². The van der Waals surface area contributed by atoms with Gasteiger partial charge in [-0.05, 0) is 80.1 Å². The van der Waals surface area contributed by atoms with Gasteiger partial charge in [0.25, 0.3) is 5.91 Å². The molecule has 226 valence electrons. The molecule has 7 rings (SSSR count). The van der Waals surface area contributed by atoms with Crippen molar-refractivity contribution in [1.82, 2.24) is 15.3 Å². The number of aliphatic hydroxyl groups is 1. The number of benzene rings is 2. The van der Waals surface area contributed by atoms with Crippen LogP contribution in [0.1, 0.15) is 47.3 Å². The van der Waals surface area contributed by atoms with Crippen LogP contribution < -0.4 is 20.5 Å². The normalized spacial score (nSPS) is 20.4. The number of primary amides is 1. The number of nitrogens with one attached hydrogen (secondary N) is 1. The third kappa shape index (κ3) is 4.81. The standard InChI is InChI=1S/C33H30F2N4O5/c34-15-32(31(36)41)17-43-29-24(32)14-26(39-28(29)18-3-7-22(35)8-4-18)33(42,21-5-6-21)16-38-30(40)20-12-19-2-1-11-37-27(19)25(13-20)44-23-9-10-23/h1-4,7-8,11-14,21,23,42H,5-6,9-10,15-17H2,(H2,36,41)(H,38,40)/t32-,33?/m0/s1. The Labute approximate surface area is 251 Å². The topological polar surface area (TPSA) is 137 Å². The number of nitrogens with zero attached hydrogens (tertiary/aromatic N) is 2. The molecule has 0 radical (unpaired) electrons. The molecule has 11 heteroatoms. The number of aromatic nitrogens is 2. The van der Waals surface area contributed by atoms with Gasteiger partial charge in [-0.3, -0.25) is 14.6 Å². The lowest BCUT2D eigenvalue weighted by Crippen LogP contribution is -2.46. The Morgan fingerprint density at radius 3 is 2.59 bits per heavy atom. The first kappa shape index (κ1) is 28.1. The highest BCUT2D eigenvalue weighted by Gasteiger charge is 2.52. The van der Waals surface area contributed by atoms with Crippen LogP contribution in [0.15, 0.2) is 60.8 Å². The monoisotopic (exact) mass is 600 g/mol. The second-order valence-corrected chi connectivity index (χ2v) is 11.9. The number of alkyl halides is 1. The summed E-state index contributed by atoms with van der Waals surface area (Å²) in [6.45, 7) is -1.68. The van der Waals surface area contributed by atoms with Gasteiger partial charge in [-0.25, -0.2) is 13.8 Å². The molecule has 4 aromatic rings. The lowest BCUT2D eigenvalue weighted by molar-refractivity contribution is -0.124. The summed E-state index contributed by atoms with van der Waals surface area (Å²) < 4.78 is 40.2. The summed E-state index contributed by atoms with van der Waals surface area (Å²) in [5.74, 6) is -1.42. The highest BCUT2D eigenvalue weighted by atomic mass is 19.1. The van der Waals surface area contributed by atoms with Crippen molar-refractivity contribution in [2.45, 2.75) is 42.8 Å². The van der Waals surface area contributed by atoms with E-state index in [9.17, 15) is 23.5 Å². The van der Waals surface area contributed by atoms with Gasteiger partial charge in [-0.1, -0.05) is 6.07 Å². The van der Waals surface area contributed by atoms with E-state index in [0.29, 0.717) is 35.2 Å². The van der Waals surface area contributed by atoms with Crippen molar-refractivity contribution in [3.05, 3.63) is 83.4 Å². The molecule has 1 aliphatic heterocycles. The summed E-state index contributed by atoms with van der Waals surface area (Å²) in [6, 6.07) is 13.9. The second kappa shape index (κ2) is 10.5. The molecule has 4 N–H and O–H groups in total. The average Bonchev–Trinajstić information content (AvgIpc) is 3.98. The number of carbonyl (C=O) groups is 2. The number of carbonyl (C=O) groups excluding carboxylic acids is 2. The van der Waals surface area contributed by atoms with Crippen LogP contribution in [0, 0.1) is 11.7 Å². The number of ether oxygens (including phenoxy) is 2. The molecule has 2 saturated carbocycles. The zero-order valence-corrected chi connectivity index (χ0v) is 23.7. The Morgan fingerprint density at radius 1 is 1.14 bits per heavy atom. The molecule has 9 nitrogen and oxygen atoms in total. The van der Waals surface area contributed by atoms with E-state index in [-0.39, 0.29) is 47.9 Å². The predicted octanol–water partition coefficient (Wildman–Crippen LogP) is 4.09. The molecule has 3 aliphatic rings. The number of fused-ring (bicyclic) bond motifs is 2. The molecule has 2 aromatic heterocycles. The minimum atomic E-state index is -1.79. The Bertz CT molecular complexity index is 1790. The smallest absolute Gasteiger partial charge is 0.251 e. The fourth-order valence-electron chi connectivity index (χ4n) is 5.78. The number of nitrogens with two attached hydrogens (primary N) is 1. The summed E-state index contributed by atoms with van der Waals surface area (Å²) in [5, 5.41) is 15.8. The number of hydrogen-bond donors (Lipinski definition) is 3. The van der Waals surface area contributed by atoms with Crippen LogP contribution in [0.25, 0.3) is 22.2 Å². The van der Waals surface area contributed by atoms with Crippen molar-refractivity contribution in [3.8, 4) is 22.8 Å². The Kier molecular flexibility index (Phi) is 6.73. The summed E-state index contributed by atoms with van der Waals surface area (Å²) in [6.07, 6.45) is 4.98. The van der Waals surface area contributed by atoms with Gasteiger partial charge in [-0.15, -0.1) is 0 Å². The number of amides is 2. The molecule has 2 fully saturated rings. The van der Waals surface area contributed by atoms with Crippen molar-refractivity contribution in [3.63, 3.8) is 0 Å². The van der Waals surface area contributed by atoms with Crippen molar-refractivity contribution in [1.29, 1.82) is 0 Å². The lowest BCUT2D eigenvalue weighted by atomic mass is 9.80. The van der Waals surface area contributed by atoms with E-state index < -0.39 is 35.3 Å². The van der Waals surface area contributed by atoms with Crippen LogP contribution in [-0.4, -0.2) is 52.8 Å². The van der Waals surface area contributed by atoms with Crippen molar-refractivity contribution < 1.29 is 33.0 Å². The Balaban J connectivity index is 1.26. The maximum Gasteiger partial charge on any atom is 0.251 e. The molecule has 3 heterocycles. The van der Waals surface area contributed by atoms with Crippen LogP contribution in [0.3, 0.4) is 0 Å². The van der Waals surface area contributed by atoms with Crippen LogP contribution in [0.5, 0.6) is 11.5 Å². The van der Waals surface area contributed by atoms with Gasteiger partial charge in [0.1, 0.15) is 52.8 Å². The van der Waals surface area contributed by atoms with Gasteiger partial charge in [0.2, 0.25) is 5.91 Å². The first-order valence-electron chi connectivity index (χ1n) is 14.6. The van der Waals surface area contributed by atoms with E-state index in [4.69, 9.17) is 20.2 Å². The maximum atomic E-state index is 14.6. The van der Waals surface area contributed by atoms with Gasteiger partial charge in [0, 0.05) is 28.3 Å². The summed E-state index contributed by atoms with van der Waals surface area (Å²) in [5.41, 5.74) is 4.17. The molecule has 2 aliphatic carbocycles. The summed E-state index contributed by atoms with van der Waals surface area (Å²) in [4.78, 5) is 35.3. The van der Waals surface area contributed by atoms with Crippen molar-refractivity contribution >= 4 is 22.7 Å². The summed E-state index contributed by atoms with van der Waals surface area (Å²) in [7, 11) is 0. The quantitative estimate of drug-likeness (QED) is 0.249. The molecule has 0 bridgehead atoms. The van der Waals surface area contributed by atoms with Crippen LogP contribution in [0.2, 0.25) is 0 Å². The second-order valence-electron chi connectivity index (χ2n) is 11.9. The number of halogens is 2. The molecule has 0 spiro atoms. The fraction of sp³-hybridized carbons (Fsp3) is 0.333. The highest BCUT2D eigenvalue weighted by molar-refractivity contribution is 6.00. The lowest BCUT2D eigenvalue weighted by Gasteiger charge is -2.30. The Morgan fingerprint density at radius 2 is 1.91 bits per heavy atom. The average molecular weight is 601 g/mol. The van der Waals surface area contributed by atoms with E-state index in [0.717, 1.165) is 18.2 Å². The van der Waals surface area contributed by atoms with Crippen molar-refractivity contribution in [2.75, 3.05) is 19.8 Å². The molecular formula is C33H30F2N4O5. The van der Waals surface area contributed by atoms with E-state index in [2.05, 4.69) is 10.3 Å². The largest absolute Gasteiger partial charge is 0.489 e. The minimum absolute atomic E-state index is 0.0977. The summed E-state index contributed by atoms with van der Waals surface area (Å²) >= 11 is 0. The number of rotatable bonds is 10. The van der Waals surface area contributed by atoms with Gasteiger partial charge in [-0.2, -0.15) is 0 Å². The zero-order chi connectivity index (χ0) is 30.6. The van der Waals surface area contributed by atoms with Crippen LogP contribution >= 0.6 is 0 Å². The first-order chi connectivity index (χ1) is 21.2. The molecule has 2 atom stereocenters. The molecule has 2 aromatic carbocycles. The third-order valence-corrected chi connectivity index (χ3v) is 8.73. The minimum Gasteiger partial charge on any atom is -0.489 e. The zero-order valence-electron chi connectivity index (χ0n) is 23.7. The fourth-order valence-corrected chi connectivity index (χ4v) is 5.78. The maximum absolute atomic E-state index is 14.6. The van der Waals surface area contributed by atoms with Crippen LogP contribution in [0.4, 0.5) is 8.78 Å². The van der Waals surface area contributed by atoms with Gasteiger partial charge in [0.15, 0.2) is 0 Å². The number of pyridine rings is 2. The molecule has 1 unspecified atom stereocenters. The van der Waals surface area contributed by atoms with Crippen LogP contribution in [-0.2, 0) is 15.8 Å². The van der Waals surface area contributed by atoms with E-state index in [1.54, 1.807) is 24.4 Å². The van der Waals surface area contributed by atoms with E-state index >= 15 is 0 Å². The predicted molar refractivity (Wildman–Crippen MR) is 156 cm³/mol. The van der Waals surface area contributed by atoms with E-state index in [1.165, 1.54) is 30.3 Å². The molecule has 44 heavy (non-hydrogen) atoms. The number of hydrogen-bond acceptors (Lipinski definition) is 7. The first-order valence-corrected chi connectivity index (χ1v) is 14.6. The Hall–Kier alpha value is -4.64. The SMILES string of the molecule is NC(=O)[C@@]1(CF)COc2c1cc(C(O)(CNC(=O)c1cc(OC3CC3)c3ncccc3c1)C1CC1)nc2-c1ccc(F)cc1.